The van der Waals surface area contributed by atoms with E-state index < -0.39 is 5.54 Å². The second-order valence-corrected chi connectivity index (χ2v) is 6.63. The number of amides is 4. The zero-order valence-corrected chi connectivity index (χ0v) is 13.4. The van der Waals surface area contributed by atoms with E-state index in [2.05, 4.69) is 16.0 Å². The summed E-state index contributed by atoms with van der Waals surface area (Å²) in [4.78, 5) is 36.7. The zero-order chi connectivity index (χ0) is 16.2. The molecule has 0 aliphatic carbocycles. The van der Waals surface area contributed by atoms with Gasteiger partial charge < -0.3 is 16.0 Å². The fourth-order valence-corrected chi connectivity index (χ4v) is 2.86. The Hall–Kier alpha value is -1.63. The van der Waals surface area contributed by atoms with Gasteiger partial charge in [-0.3, -0.25) is 14.5 Å². The third kappa shape index (κ3) is 4.19. The Labute approximate surface area is 131 Å². The number of hydrogen-bond acceptors (Lipinski definition) is 4. The summed E-state index contributed by atoms with van der Waals surface area (Å²) in [6.07, 6.45) is 3.12. The predicted octanol–water partition coefficient (Wildman–Crippen LogP) is 0.213. The van der Waals surface area contributed by atoms with Gasteiger partial charge in [-0.15, -0.1) is 0 Å². The second kappa shape index (κ2) is 7.09. The molecule has 1 unspecified atom stereocenters. The van der Waals surface area contributed by atoms with Gasteiger partial charge in [0.25, 0.3) is 5.91 Å². The molecule has 0 aromatic heterocycles. The molecule has 0 saturated carbocycles. The maximum Gasteiger partial charge on any atom is 0.325 e. The van der Waals surface area contributed by atoms with Crippen molar-refractivity contribution in [2.75, 3.05) is 26.2 Å². The first-order chi connectivity index (χ1) is 10.4. The number of carbonyl (C=O) groups is 3. The standard InChI is InChI=1S/C15H26N4O3/c1-15(2)13(21)19(14(22)18-15)8-4-6-12(20)17-10-11-5-3-7-16-9-11/h11,16H,3-10H2,1-2H3,(H,17,20)(H,18,22). The van der Waals surface area contributed by atoms with E-state index in [-0.39, 0.29) is 24.4 Å². The first kappa shape index (κ1) is 16.7. The normalized spacial score (nSPS) is 24.3. The van der Waals surface area contributed by atoms with E-state index in [1.54, 1.807) is 13.8 Å². The van der Waals surface area contributed by atoms with E-state index in [0.717, 1.165) is 25.9 Å². The van der Waals surface area contributed by atoms with Crippen LogP contribution >= 0.6 is 0 Å². The molecule has 0 bridgehead atoms. The molecule has 22 heavy (non-hydrogen) atoms. The van der Waals surface area contributed by atoms with Gasteiger partial charge >= 0.3 is 6.03 Å². The fraction of sp³-hybridized carbons (Fsp3) is 0.800. The summed E-state index contributed by atoms with van der Waals surface area (Å²) in [5, 5.41) is 8.88. The van der Waals surface area contributed by atoms with Gasteiger partial charge in [0, 0.05) is 19.5 Å². The number of hydrogen-bond donors (Lipinski definition) is 3. The Kier molecular flexibility index (Phi) is 5.39. The van der Waals surface area contributed by atoms with Crippen molar-refractivity contribution < 1.29 is 14.4 Å². The second-order valence-electron chi connectivity index (χ2n) is 6.63. The molecule has 4 amide bonds. The maximum absolute atomic E-state index is 12.0. The number of imide groups is 1. The Balaban J connectivity index is 1.64. The highest BCUT2D eigenvalue weighted by atomic mass is 16.2. The van der Waals surface area contributed by atoms with Crippen LogP contribution in [0.4, 0.5) is 4.79 Å². The first-order valence-electron chi connectivity index (χ1n) is 8.01. The lowest BCUT2D eigenvalue weighted by atomic mass is 10.00. The average Bonchev–Trinajstić information content (AvgIpc) is 2.68. The fourth-order valence-electron chi connectivity index (χ4n) is 2.86. The Morgan fingerprint density at radius 3 is 2.77 bits per heavy atom. The molecule has 2 aliphatic rings. The lowest BCUT2D eigenvalue weighted by molar-refractivity contribution is -0.130. The van der Waals surface area contributed by atoms with Gasteiger partial charge in [0.15, 0.2) is 0 Å². The van der Waals surface area contributed by atoms with Gasteiger partial charge in [-0.25, -0.2) is 4.79 Å². The highest BCUT2D eigenvalue weighted by molar-refractivity contribution is 6.06. The summed E-state index contributed by atoms with van der Waals surface area (Å²) in [6.45, 7) is 6.36. The summed E-state index contributed by atoms with van der Waals surface area (Å²) in [5.41, 5.74) is -0.840. The van der Waals surface area contributed by atoms with Crippen LogP contribution in [0.25, 0.3) is 0 Å². The van der Waals surface area contributed by atoms with E-state index in [9.17, 15) is 14.4 Å². The maximum atomic E-state index is 12.0. The van der Waals surface area contributed by atoms with Crippen LogP contribution in [0.5, 0.6) is 0 Å². The molecule has 7 nitrogen and oxygen atoms in total. The Morgan fingerprint density at radius 2 is 2.18 bits per heavy atom. The highest BCUT2D eigenvalue weighted by Crippen LogP contribution is 2.17. The quantitative estimate of drug-likeness (QED) is 0.612. The molecule has 3 N–H and O–H groups in total. The first-order valence-corrected chi connectivity index (χ1v) is 8.01. The molecule has 7 heteroatoms. The van der Waals surface area contributed by atoms with Crippen molar-refractivity contribution in [1.29, 1.82) is 0 Å². The van der Waals surface area contributed by atoms with E-state index >= 15 is 0 Å². The molecule has 2 aliphatic heterocycles. The minimum Gasteiger partial charge on any atom is -0.356 e. The van der Waals surface area contributed by atoms with Gasteiger partial charge in [0.1, 0.15) is 5.54 Å². The van der Waals surface area contributed by atoms with Gasteiger partial charge in [-0.05, 0) is 52.1 Å². The van der Waals surface area contributed by atoms with E-state index in [4.69, 9.17) is 0 Å². The zero-order valence-electron chi connectivity index (χ0n) is 13.4. The van der Waals surface area contributed by atoms with Crippen molar-refractivity contribution in [3.63, 3.8) is 0 Å². The third-order valence-electron chi connectivity index (χ3n) is 4.22. The third-order valence-corrected chi connectivity index (χ3v) is 4.22. The van der Waals surface area contributed by atoms with Crippen LogP contribution in [0.1, 0.15) is 39.5 Å². The number of rotatable bonds is 6. The number of nitrogens with zero attached hydrogens (tertiary/aromatic N) is 1. The van der Waals surface area contributed by atoms with Crippen molar-refractivity contribution >= 4 is 17.8 Å². The number of piperidine rings is 1. The molecule has 2 saturated heterocycles. The van der Waals surface area contributed by atoms with Gasteiger partial charge in [-0.1, -0.05) is 0 Å². The summed E-state index contributed by atoms with van der Waals surface area (Å²) >= 11 is 0. The smallest absolute Gasteiger partial charge is 0.325 e. The molecule has 2 heterocycles. The average molecular weight is 310 g/mol. The lowest BCUT2D eigenvalue weighted by Crippen LogP contribution is -2.40. The molecule has 2 fully saturated rings. The van der Waals surface area contributed by atoms with Crippen molar-refractivity contribution in [3.8, 4) is 0 Å². The van der Waals surface area contributed by atoms with Crippen LogP contribution in [0.2, 0.25) is 0 Å². The number of carbonyl (C=O) groups excluding carboxylic acids is 3. The minimum absolute atomic E-state index is 0.0168. The molecular formula is C15H26N4O3. The summed E-state index contributed by atoms with van der Waals surface area (Å²) in [5.74, 6) is 0.257. The topological polar surface area (TPSA) is 90.5 Å². The van der Waals surface area contributed by atoms with Crippen LogP contribution < -0.4 is 16.0 Å². The summed E-state index contributed by atoms with van der Waals surface area (Å²) in [7, 11) is 0. The number of urea groups is 1. The van der Waals surface area contributed by atoms with Gasteiger partial charge in [0.05, 0.1) is 0 Å². The molecule has 2 rings (SSSR count). The summed E-state index contributed by atoms with van der Waals surface area (Å²) < 4.78 is 0. The molecule has 0 aromatic rings. The molecular weight excluding hydrogens is 284 g/mol. The van der Waals surface area contributed by atoms with E-state index in [1.165, 1.54) is 4.90 Å². The van der Waals surface area contributed by atoms with Crippen LogP contribution in [0.3, 0.4) is 0 Å². The predicted molar refractivity (Wildman–Crippen MR) is 82.2 cm³/mol. The largest absolute Gasteiger partial charge is 0.356 e. The highest BCUT2D eigenvalue weighted by Gasteiger charge is 2.43. The van der Waals surface area contributed by atoms with E-state index in [0.29, 0.717) is 25.3 Å². The molecule has 0 spiro atoms. The van der Waals surface area contributed by atoms with Gasteiger partial charge in [0.2, 0.25) is 5.91 Å². The molecule has 124 valence electrons. The van der Waals surface area contributed by atoms with E-state index in [1.807, 2.05) is 0 Å². The molecule has 0 radical (unpaired) electrons. The van der Waals surface area contributed by atoms with Crippen molar-refractivity contribution in [2.45, 2.75) is 45.1 Å². The summed E-state index contributed by atoms with van der Waals surface area (Å²) in [6, 6.07) is -0.372. The van der Waals surface area contributed by atoms with Crippen molar-refractivity contribution in [2.24, 2.45) is 5.92 Å². The monoisotopic (exact) mass is 310 g/mol. The Bertz CT molecular complexity index is 444. The van der Waals surface area contributed by atoms with Crippen LogP contribution in [-0.4, -0.2) is 54.5 Å². The van der Waals surface area contributed by atoms with Crippen LogP contribution in [-0.2, 0) is 9.59 Å². The number of nitrogens with one attached hydrogen (secondary N) is 3. The van der Waals surface area contributed by atoms with Gasteiger partial charge in [-0.2, -0.15) is 0 Å². The Morgan fingerprint density at radius 1 is 1.41 bits per heavy atom. The van der Waals surface area contributed by atoms with Crippen molar-refractivity contribution in [1.82, 2.24) is 20.9 Å². The van der Waals surface area contributed by atoms with Crippen LogP contribution in [0, 0.1) is 5.92 Å². The van der Waals surface area contributed by atoms with Crippen molar-refractivity contribution in [3.05, 3.63) is 0 Å². The minimum atomic E-state index is -0.840. The lowest BCUT2D eigenvalue weighted by Gasteiger charge is -2.22. The molecule has 0 aromatic carbocycles. The molecule has 1 atom stereocenters. The van der Waals surface area contributed by atoms with Crippen LogP contribution in [0.15, 0.2) is 0 Å². The SMILES string of the molecule is CC1(C)NC(=O)N(CCCC(=O)NCC2CCCNC2)C1=O.